The Balaban J connectivity index is 1.36. The molecule has 1 saturated carbocycles. The second-order valence-corrected chi connectivity index (χ2v) is 6.28. The summed E-state index contributed by atoms with van der Waals surface area (Å²) < 4.78 is 7.88. The monoisotopic (exact) mass is 333 g/mol. The molecule has 0 bridgehead atoms. The van der Waals surface area contributed by atoms with Crippen LogP contribution in [0.1, 0.15) is 41.8 Å². The number of nitrogens with one attached hydrogen (secondary N) is 1. The number of hydrogen-bond acceptors (Lipinski definition) is 5. The maximum atomic E-state index is 9.30. The summed E-state index contributed by atoms with van der Waals surface area (Å²) >= 11 is 0. The van der Waals surface area contributed by atoms with E-state index in [9.17, 15) is 5.26 Å². The maximum absolute atomic E-state index is 9.30. The zero-order valence-electron chi connectivity index (χ0n) is 13.8. The number of aryl methyl sites for hydroxylation is 1. The highest BCUT2D eigenvalue weighted by Crippen LogP contribution is 2.54. The van der Waals surface area contributed by atoms with Gasteiger partial charge in [0.15, 0.2) is 0 Å². The van der Waals surface area contributed by atoms with Crippen molar-refractivity contribution in [3.05, 3.63) is 66.2 Å². The van der Waals surface area contributed by atoms with Crippen LogP contribution in [0.25, 0.3) is 0 Å². The fourth-order valence-corrected chi connectivity index (χ4v) is 3.11. The molecule has 0 amide bonds. The second-order valence-electron chi connectivity index (χ2n) is 6.28. The van der Waals surface area contributed by atoms with E-state index in [1.165, 1.54) is 5.56 Å². The zero-order valence-corrected chi connectivity index (χ0v) is 13.8. The summed E-state index contributed by atoms with van der Waals surface area (Å²) in [4.78, 5) is 8.41. The van der Waals surface area contributed by atoms with Gasteiger partial charge >= 0.3 is 0 Å². The lowest BCUT2D eigenvalue weighted by molar-refractivity contribution is 0.503. The molecule has 25 heavy (non-hydrogen) atoms. The van der Waals surface area contributed by atoms with E-state index < -0.39 is 0 Å². The number of oxazole rings is 1. The van der Waals surface area contributed by atoms with Crippen molar-refractivity contribution in [1.29, 1.82) is 5.26 Å². The van der Waals surface area contributed by atoms with Crippen molar-refractivity contribution in [2.75, 3.05) is 11.9 Å². The topological polar surface area (TPSA) is 79.7 Å². The van der Waals surface area contributed by atoms with Crippen molar-refractivity contribution in [2.45, 2.75) is 31.2 Å². The Labute approximate surface area is 146 Å². The molecule has 1 N–H and O–H groups in total. The average molecular weight is 333 g/mol. The molecule has 6 nitrogen and oxygen atoms in total. The Kier molecular flexibility index (Phi) is 4.21. The van der Waals surface area contributed by atoms with Gasteiger partial charge in [0.2, 0.25) is 17.5 Å². The first-order valence-electron chi connectivity index (χ1n) is 8.50. The Morgan fingerprint density at radius 1 is 1.28 bits per heavy atom. The van der Waals surface area contributed by atoms with Crippen molar-refractivity contribution < 1.29 is 4.42 Å². The molecule has 1 aliphatic rings. The van der Waals surface area contributed by atoms with E-state index in [0.717, 1.165) is 19.4 Å². The molecule has 0 spiro atoms. The van der Waals surface area contributed by atoms with Crippen LogP contribution in [0, 0.1) is 11.3 Å². The Bertz CT molecular complexity index is 863. The van der Waals surface area contributed by atoms with Gasteiger partial charge in [-0.15, -0.1) is 0 Å². The smallest absolute Gasteiger partial charge is 0.232 e. The van der Waals surface area contributed by atoms with Crippen molar-refractivity contribution in [3.63, 3.8) is 0 Å². The third-order valence-corrected chi connectivity index (χ3v) is 4.52. The lowest BCUT2D eigenvalue weighted by Gasteiger charge is -2.03. The SMILES string of the molecule is N#Cc1nc(C2CC2c2ccccc2)oc1NCCCn1ccnc1. The molecular formula is C19H19N5O. The van der Waals surface area contributed by atoms with Crippen LogP contribution in [0.4, 0.5) is 5.88 Å². The quantitative estimate of drug-likeness (QED) is 0.669. The van der Waals surface area contributed by atoms with Gasteiger partial charge in [-0.25, -0.2) is 9.97 Å². The first-order chi connectivity index (χ1) is 12.3. The molecule has 0 aliphatic heterocycles. The number of hydrogen-bond donors (Lipinski definition) is 1. The number of rotatable bonds is 7. The van der Waals surface area contributed by atoms with E-state index >= 15 is 0 Å². The predicted molar refractivity (Wildman–Crippen MR) is 93.1 cm³/mol. The minimum Gasteiger partial charge on any atom is -0.424 e. The number of imidazole rings is 1. The van der Waals surface area contributed by atoms with Crippen LogP contribution < -0.4 is 5.32 Å². The summed E-state index contributed by atoms with van der Waals surface area (Å²) in [6.45, 7) is 1.59. The van der Waals surface area contributed by atoms with Crippen LogP contribution in [-0.2, 0) is 6.54 Å². The number of aromatic nitrogens is 3. The first kappa shape index (κ1) is 15.5. The molecule has 1 aromatic carbocycles. The van der Waals surface area contributed by atoms with E-state index in [0.29, 0.717) is 29.9 Å². The second kappa shape index (κ2) is 6.81. The largest absolute Gasteiger partial charge is 0.424 e. The van der Waals surface area contributed by atoms with Gasteiger partial charge < -0.3 is 14.3 Å². The molecule has 2 aromatic heterocycles. The highest BCUT2D eigenvalue weighted by atomic mass is 16.4. The van der Waals surface area contributed by atoms with Gasteiger partial charge in [0.25, 0.3) is 0 Å². The van der Waals surface area contributed by atoms with Gasteiger partial charge in [-0.05, 0) is 24.3 Å². The van der Waals surface area contributed by atoms with Crippen molar-refractivity contribution in [2.24, 2.45) is 0 Å². The molecule has 1 aliphatic carbocycles. The zero-order chi connectivity index (χ0) is 17.1. The van der Waals surface area contributed by atoms with Crippen LogP contribution in [-0.4, -0.2) is 21.1 Å². The third kappa shape index (κ3) is 3.41. The minimum absolute atomic E-state index is 0.274. The Morgan fingerprint density at radius 2 is 2.16 bits per heavy atom. The fraction of sp³-hybridized carbons (Fsp3) is 0.316. The van der Waals surface area contributed by atoms with E-state index in [2.05, 4.69) is 33.5 Å². The molecule has 0 saturated heterocycles. The summed E-state index contributed by atoms with van der Waals surface area (Å²) in [5.41, 5.74) is 1.65. The molecule has 3 aromatic rings. The highest BCUT2D eigenvalue weighted by molar-refractivity contribution is 5.46. The summed E-state index contributed by atoms with van der Waals surface area (Å²) in [5.74, 6) is 1.88. The first-order valence-corrected chi connectivity index (χ1v) is 8.50. The van der Waals surface area contributed by atoms with Gasteiger partial charge in [-0.1, -0.05) is 30.3 Å². The normalized spacial score (nSPS) is 18.7. The Hall–Kier alpha value is -3.07. The third-order valence-electron chi connectivity index (χ3n) is 4.52. The van der Waals surface area contributed by atoms with Crippen molar-refractivity contribution in [1.82, 2.24) is 14.5 Å². The van der Waals surface area contributed by atoms with Gasteiger partial charge in [0.1, 0.15) is 6.07 Å². The van der Waals surface area contributed by atoms with Gasteiger partial charge in [0, 0.05) is 31.4 Å². The van der Waals surface area contributed by atoms with Crippen molar-refractivity contribution in [3.8, 4) is 6.07 Å². The molecule has 6 heteroatoms. The fourth-order valence-electron chi connectivity index (χ4n) is 3.11. The number of benzene rings is 1. The number of nitrogens with zero attached hydrogens (tertiary/aromatic N) is 4. The molecular weight excluding hydrogens is 314 g/mol. The summed E-state index contributed by atoms with van der Waals surface area (Å²) in [6.07, 6.45) is 7.43. The Morgan fingerprint density at radius 3 is 2.92 bits per heavy atom. The highest BCUT2D eigenvalue weighted by Gasteiger charge is 2.43. The van der Waals surface area contributed by atoms with E-state index in [-0.39, 0.29) is 5.92 Å². The van der Waals surface area contributed by atoms with Crippen LogP contribution in [0.2, 0.25) is 0 Å². The molecule has 126 valence electrons. The molecule has 2 atom stereocenters. The molecule has 0 radical (unpaired) electrons. The summed E-state index contributed by atoms with van der Waals surface area (Å²) in [6, 6.07) is 12.5. The van der Waals surface area contributed by atoms with Crippen LogP contribution in [0.3, 0.4) is 0 Å². The van der Waals surface area contributed by atoms with Gasteiger partial charge in [-0.3, -0.25) is 0 Å². The molecule has 2 heterocycles. The lowest BCUT2D eigenvalue weighted by atomic mass is 10.1. The molecule has 4 rings (SSSR count). The summed E-state index contributed by atoms with van der Waals surface area (Å²) in [7, 11) is 0. The number of anilines is 1. The maximum Gasteiger partial charge on any atom is 0.232 e. The van der Waals surface area contributed by atoms with Crippen LogP contribution in [0.5, 0.6) is 0 Å². The van der Waals surface area contributed by atoms with E-state index in [4.69, 9.17) is 4.42 Å². The van der Waals surface area contributed by atoms with Gasteiger partial charge in [0.05, 0.1) is 6.33 Å². The molecule has 2 unspecified atom stereocenters. The minimum atomic E-state index is 0.274. The van der Waals surface area contributed by atoms with Crippen molar-refractivity contribution >= 4 is 5.88 Å². The molecule has 1 fully saturated rings. The number of nitriles is 1. The predicted octanol–water partition coefficient (Wildman–Crippen LogP) is 3.52. The summed E-state index contributed by atoms with van der Waals surface area (Å²) in [5, 5.41) is 12.5. The van der Waals surface area contributed by atoms with Gasteiger partial charge in [-0.2, -0.15) is 5.26 Å². The standard InChI is InChI=1S/C19H19N5O/c20-12-17-19(22-7-4-9-24-10-8-21-13-24)25-18(23-17)16-11-15(16)14-5-2-1-3-6-14/h1-3,5-6,8,10,13,15-16,22H,4,7,9,11H2. The van der Waals surface area contributed by atoms with Crippen LogP contribution in [0.15, 0.2) is 53.5 Å². The lowest BCUT2D eigenvalue weighted by Crippen LogP contribution is -2.06. The van der Waals surface area contributed by atoms with E-state index in [1.54, 1.807) is 12.5 Å². The average Bonchev–Trinajstić information content (AvgIpc) is 3.08. The van der Waals surface area contributed by atoms with Crippen LogP contribution >= 0.6 is 0 Å². The van der Waals surface area contributed by atoms with E-state index in [1.807, 2.05) is 29.0 Å².